The van der Waals surface area contributed by atoms with E-state index in [0.717, 1.165) is 17.7 Å². The Morgan fingerprint density at radius 3 is 2.14 bits per heavy atom. The zero-order valence-corrected chi connectivity index (χ0v) is 19.8. The van der Waals surface area contributed by atoms with Crippen molar-refractivity contribution < 1.29 is 27.3 Å². The summed E-state index contributed by atoms with van der Waals surface area (Å²) in [5, 5.41) is 11.4. The van der Waals surface area contributed by atoms with Gasteiger partial charge in [0, 0.05) is 23.1 Å². The summed E-state index contributed by atoms with van der Waals surface area (Å²) in [7, 11) is -4.41. The smallest absolute Gasteiger partial charge is 0.272 e. The van der Waals surface area contributed by atoms with E-state index in [1.54, 1.807) is 26.0 Å². The number of rotatable bonds is 6. The van der Waals surface area contributed by atoms with Crippen molar-refractivity contribution in [2.45, 2.75) is 25.7 Å². The van der Waals surface area contributed by atoms with Crippen LogP contribution in [-0.4, -0.2) is 25.0 Å². The Morgan fingerprint density at radius 1 is 0.943 bits per heavy atom. The first-order valence-electron chi connectivity index (χ1n) is 10.5. The maximum absolute atomic E-state index is 13.7. The van der Waals surface area contributed by atoms with Crippen molar-refractivity contribution in [3.8, 4) is 0 Å². The molecule has 0 aliphatic rings. The summed E-state index contributed by atoms with van der Waals surface area (Å²) in [6.07, 6.45) is 0. The number of non-ortho nitro benzene ring substituents is 1. The lowest BCUT2D eigenvalue weighted by Gasteiger charge is -2.23. The number of anilines is 1. The lowest BCUT2D eigenvalue weighted by molar-refractivity contribution is -0.384. The van der Waals surface area contributed by atoms with Crippen molar-refractivity contribution in [2.75, 3.05) is 4.31 Å². The van der Waals surface area contributed by atoms with E-state index in [0.29, 0.717) is 21.0 Å². The Hall–Kier alpha value is -4.31. The van der Waals surface area contributed by atoms with Crippen molar-refractivity contribution in [2.24, 2.45) is 0 Å². The number of nitro groups is 1. The van der Waals surface area contributed by atoms with Gasteiger partial charge in [-0.15, -0.1) is 0 Å². The van der Waals surface area contributed by atoms with E-state index < -0.39 is 20.9 Å². The van der Waals surface area contributed by atoms with Gasteiger partial charge in [0.15, 0.2) is 5.78 Å². The van der Waals surface area contributed by atoms with Crippen molar-refractivity contribution >= 4 is 44.1 Å². The standard InChI is InChI=1S/C25H20N2O7S/c1-15-4-11-21(12-5-15)35(32,33)26(25(29)18-6-8-19(9-7-18)27(30)31)20-10-13-23-22(14-20)24(16(2)28)17(3)34-23/h4-14H,1-3H3. The fourth-order valence-corrected chi connectivity index (χ4v) is 5.20. The first-order chi connectivity index (χ1) is 16.5. The average molecular weight is 493 g/mol. The van der Waals surface area contributed by atoms with Crippen LogP contribution in [-0.2, 0) is 10.0 Å². The van der Waals surface area contributed by atoms with Crippen molar-refractivity contribution in [1.29, 1.82) is 0 Å². The molecule has 10 heteroatoms. The molecule has 4 aromatic rings. The molecule has 0 atom stereocenters. The molecule has 0 saturated carbocycles. The zero-order chi connectivity index (χ0) is 25.5. The lowest BCUT2D eigenvalue weighted by atomic mass is 10.1. The number of carbonyl (C=O) groups is 2. The van der Waals surface area contributed by atoms with Gasteiger partial charge < -0.3 is 4.42 Å². The van der Waals surface area contributed by atoms with Gasteiger partial charge in [0.1, 0.15) is 11.3 Å². The van der Waals surface area contributed by atoms with E-state index in [9.17, 15) is 28.1 Å². The van der Waals surface area contributed by atoms with Crippen molar-refractivity contribution in [1.82, 2.24) is 0 Å². The number of nitro benzene ring substituents is 1. The Kier molecular flexibility index (Phi) is 5.99. The van der Waals surface area contributed by atoms with Crippen LogP contribution in [0, 0.1) is 24.0 Å². The molecule has 0 unspecified atom stereocenters. The molecule has 0 N–H and O–H groups in total. The molecule has 0 radical (unpaired) electrons. The molecule has 0 spiro atoms. The van der Waals surface area contributed by atoms with Gasteiger partial charge in [0.25, 0.3) is 21.6 Å². The Labute approximate surface area is 200 Å². The number of hydrogen-bond donors (Lipinski definition) is 0. The van der Waals surface area contributed by atoms with Gasteiger partial charge in [-0.25, -0.2) is 8.42 Å². The highest BCUT2D eigenvalue weighted by Gasteiger charge is 2.33. The summed E-state index contributed by atoms with van der Waals surface area (Å²) >= 11 is 0. The summed E-state index contributed by atoms with van der Waals surface area (Å²) in [6, 6.07) is 15.0. The number of nitrogens with zero attached hydrogens (tertiary/aromatic N) is 2. The number of sulfonamides is 1. The van der Waals surface area contributed by atoms with Gasteiger partial charge in [0.05, 0.1) is 21.1 Å². The quantitative estimate of drug-likeness (QED) is 0.206. The minimum absolute atomic E-state index is 0.00951. The molecule has 0 aliphatic heterocycles. The molecule has 1 aromatic heterocycles. The van der Waals surface area contributed by atoms with E-state index in [1.807, 2.05) is 0 Å². The molecular formula is C25H20N2O7S. The van der Waals surface area contributed by atoms with E-state index in [2.05, 4.69) is 0 Å². The molecule has 0 fully saturated rings. The molecule has 4 rings (SSSR count). The first-order valence-corrected chi connectivity index (χ1v) is 11.9. The zero-order valence-electron chi connectivity index (χ0n) is 19.0. The molecular weight excluding hydrogens is 472 g/mol. The van der Waals surface area contributed by atoms with Gasteiger partial charge in [-0.05, 0) is 63.2 Å². The monoisotopic (exact) mass is 492 g/mol. The maximum Gasteiger partial charge on any atom is 0.272 e. The van der Waals surface area contributed by atoms with Crippen LogP contribution in [0.2, 0.25) is 0 Å². The molecule has 0 bridgehead atoms. The van der Waals surface area contributed by atoms with Crippen LogP contribution in [0.15, 0.2) is 76.0 Å². The molecule has 1 heterocycles. The second kappa shape index (κ2) is 8.80. The molecule has 178 valence electrons. The normalized spacial score (nSPS) is 11.4. The second-order valence-corrected chi connectivity index (χ2v) is 9.75. The average Bonchev–Trinajstić information content (AvgIpc) is 3.14. The summed E-state index contributed by atoms with van der Waals surface area (Å²) < 4.78 is 33.7. The number of aryl methyl sites for hydroxylation is 2. The molecule has 1 amide bonds. The molecule has 3 aromatic carbocycles. The van der Waals surface area contributed by atoms with E-state index in [1.165, 1.54) is 49.4 Å². The van der Waals surface area contributed by atoms with Gasteiger partial charge >= 0.3 is 0 Å². The highest BCUT2D eigenvalue weighted by Crippen LogP contribution is 2.33. The van der Waals surface area contributed by atoms with E-state index in [-0.39, 0.29) is 33.2 Å². The Bertz CT molecular complexity index is 1590. The topological polar surface area (TPSA) is 128 Å². The van der Waals surface area contributed by atoms with Crippen LogP contribution >= 0.6 is 0 Å². The fraction of sp³-hybridized carbons (Fsp3) is 0.120. The molecule has 0 aliphatic carbocycles. The number of fused-ring (bicyclic) bond motifs is 1. The largest absolute Gasteiger partial charge is 0.461 e. The van der Waals surface area contributed by atoms with Crippen molar-refractivity contribution in [3.63, 3.8) is 0 Å². The van der Waals surface area contributed by atoms with Crippen molar-refractivity contribution in [3.05, 3.63) is 99.3 Å². The first kappa shape index (κ1) is 23.8. The predicted molar refractivity (Wildman–Crippen MR) is 129 cm³/mol. The van der Waals surface area contributed by atoms with Crippen LogP contribution in [0.25, 0.3) is 11.0 Å². The van der Waals surface area contributed by atoms with Gasteiger partial charge in [-0.1, -0.05) is 17.7 Å². The highest BCUT2D eigenvalue weighted by molar-refractivity contribution is 7.93. The number of furan rings is 1. The molecule has 35 heavy (non-hydrogen) atoms. The van der Waals surface area contributed by atoms with E-state index >= 15 is 0 Å². The van der Waals surface area contributed by atoms with Crippen LogP contribution in [0.4, 0.5) is 11.4 Å². The minimum atomic E-state index is -4.41. The highest BCUT2D eigenvalue weighted by atomic mass is 32.2. The maximum atomic E-state index is 13.7. The number of amides is 1. The second-order valence-electron chi connectivity index (χ2n) is 7.96. The van der Waals surface area contributed by atoms with Crippen LogP contribution in [0.5, 0.6) is 0 Å². The lowest BCUT2D eigenvalue weighted by Crippen LogP contribution is -2.37. The Balaban J connectivity index is 1.93. The Morgan fingerprint density at radius 2 is 1.57 bits per heavy atom. The summed E-state index contributed by atoms with van der Waals surface area (Å²) in [4.78, 5) is 36.0. The number of Topliss-reactive ketones (excluding diaryl/α,β-unsaturated/α-hetero) is 1. The number of ketones is 1. The summed E-state index contributed by atoms with van der Waals surface area (Å²) in [6.45, 7) is 4.79. The third kappa shape index (κ3) is 4.31. The van der Waals surface area contributed by atoms with Crippen LogP contribution in [0.3, 0.4) is 0 Å². The van der Waals surface area contributed by atoms with Gasteiger partial charge in [0.2, 0.25) is 0 Å². The predicted octanol–water partition coefficient (Wildman–Crippen LogP) is 5.20. The summed E-state index contributed by atoms with van der Waals surface area (Å²) in [5.74, 6) is -0.809. The number of hydrogen-bond acceptors (Lipinski definition) is 7. The third-order valence-corrected chi connectivity index (χ3v) is 7.23. The fourth-order valence-electron chi connectivity index (χ4n) is 3.80. The molecule has 9 nitrogen and oxygen atoms in total. The van der Waals surface area contributed by atoms with Crippen LogP contribution < -0.4 is 4.31 Å². The third-order valence-electron chi connectivity index (χ3n) is 5.50. The van der Waals surface area contributed by atoms with Gasteiger partial charge in [-0.3, -0.25) is 19.7 Å². The molecule has 0 saturated heterocycles. The van der Waals surface area contributed by atoms with E-state index in [4.69, 9.17) is 4.42 Å². The SMILES string of the molecule is CC(=O)c1c(C)oc2ccc(N(C(=O)c3ccc([N+](=O)[O-])cc3)S(=O)(=O)c3ccc(C)cc3)cc12. The summed E-state index contributed by atoms with van der Waals surface area (Å²) in [5.41, 5.74) is 1.17. The number of benzene rings is 3. The number of carbonyl (C=O) groups excluding carboxylic acids is 2. The minimum Gasteiger partial charge on any atom is -0.461 e. The van der Waals surface area contributed by atoms with Gasteiger partial charge in [-0.2, -0.15) is 4.31 Å². The van der Waals surface area contributed by atoms with Crippen LogP contribution in [0.1, 0.15) is 39.0 Å².